The van der Waals surface area contributed by atoms with E-state index in [1.165, 1.54) is 0 Å². The third kappa shape index (κ3) is 3.89. The molecule has 0 saturated heterocycles. The van der Waals surface area contributed by atoms with Crippen molar-refractivity contribution in [1.29, 1.82) is 0 Å². The van der Waals surface area contributed by atoms with Crippen LogP contribution in [0.25, 0.3) is 10.8 Å². The van der Waals surface area contributed by atoms with E-state index in [1.54, 1.807) is 0 Å². The number of hydrogen-bond acceptors (Lipinski definition) is 2. The number of ether oxygens (including phenoxy) is 1. The predicted octanol–water partition coefficient (Wildman–Crippen LogP) is 4.10. The maximum Gasteiger partial charge on any atom is 0.258 e. The van der Waals surface area contributed by atoms with Crippen LogP contribution in [-0.2, 0) is 4.79 Å². The second-order valence-electron chi connectivity index (χ2n) is 5.50. The van der Waals surface area contributed by atoms with E-state index in [-0.39, 0.29) is 18.6 Å². The molecule has 1 atom stereocenters. The molecule has 0 aliphatic heterocycles. The second kappa shape index (κ2) is 6.97. The van der Waals surface area contributed by atoms with Crippen molar-refractivity contribution in [3.63, 3.8) is 0 Å². The number of hydrogen-bond donors (Lipinski definition) is 1. The molecule has 1 amide bonds. The highest BCUT2D eigenvalue weighted by Gasteiger charge is 2.09. The molecule has 0 aliphatic rings. The minimum absolute atomic E-state index is 0.00944. The zero-order chi connectivity index (χ0) is 16.1. The first-order valence-corrected chi connectivity index (χ1v) is 7.68. The Bertz CT molecular complexity index is 799. The Morgan fingerprint density at radius 1 is 0.957 bits per heavy atom. The van der Waals surface area contributed by atoms with Gasteiger partial charge in [0.2, 0.25) is 0 Å². The molecule has 0 aromatic heterocycles. The van der Waals surface area contributed by atoms with Crippen LogP contribution in [0.15, 0.2) is 72.8 Å². The minimum atomic E-state index is -0.130. The number of carbonyl (C=O) groups excluding carboxylic acids is 1. The average molecular weight is 305 g/mol. The summed E-state index contributed by atoms with van der Waals surface area (Å²) < 4.78 is 5.60. The first kappa shape index (κ1) is 15.1. The van der Waals surface area contributed by atoms with Gasteiger partial charge in [-0.15, -0.1) is 0 Å². The van der Waals surface area contributed by atoms with Crippen molar-refractivity contribution in [3.05, 3.63) is 78.4 Å². The fourth-order valence-corrected chi connectivity index (χ4v) is 2.51. The van der Waals surface area contributed by atoms with Crippen LogP contribution in [0.1, 0.15) is 18.5 Å². The van der Waals surface area contributed by atoms with Crippen LogP contribution in [0.2, 0.25) is 0 Å². The number of nitrogens with one attached hydrogen (secondary N) is 1. The van der Waals surface area contributed by atoms with Crippen molar-refractivity contribution >= 4 is 16.7 Å². The van der Waals surface area contributed by atoms with Crippen LogP contribution < -0.4 is 10.1 Å². The summed E-state index contributed by atoms with van der Waals surface area (Å²) >= 11 is 0. The molecule has 0 spiro atoms. The third-order valence-electron chi connectivity index (χ3n) is 3.77. The van der Waals surface area contributed by atoms with Gasteiger partial charge in [-0.2, -0.15) is 0 Å². The van der Waals surface area contributed by atoms with E-state index < -0.39 is 0 Å². The first-order valence-electron chi connectivity index (χ1n) is 7.68. The molecule has 23 heavy (non-hydrogen) atoms. The lowest BCUT2D eigenvalue weighted by Crippen LogP contribution is -2.31. The van der Waals surface area contributed by atoms with Gasteiger partial charge in [0.15, 0.2) is 6.61 Å². The van der Waals surface area contributed by atoms with Gasteiger partial charge in [-0.1, -0.05) is 60.7 Å². The lowest BCUT2D eigenvalue weighted by atomic mass is 10.1. The maximum atomic E-state index is 12.0. The molecule has 3 heteroatoms. The van der Waals surface area contributed by atoms with Crippen LogP contribution >= 0.6 is 0 Å². The quantitative estimate of drug-likeness (QED) is 0.771. The van der Waals surface area contributed by atoms with E-state index in [2.05, 4.69) is 5.32 Å². The molecular weight excluding hydrogens is 286 g/mol. The molecule has 3 aromatic rings. The summed E-state index contributed by atoms with van der Waals surface area (Å²) in [5.74, 6) is 0.570. The summed E-state index contributed by atoms with van der Waals surface area (Å²) in [6.45, 7) is 1.97. The summed E-state index contributed by atoms with van der Waals surface area (Å²) in [5, 5.41) is 5.19. The van der Waals surface area contributed by atoms with Crippen LogP contribution in [0.3, 0.4) is 0 Å². The Morgan fingerprint density at radius 3 is 2.43 bits per heavy atom. The molecule has 0 aliphatic carbocycles. The molecule has 3 aromatic carbocycles. The molecule has 0 fully saturated rings. The van der Waals surface area contributed by atoms with E-state index in [0.29, 0.717) is 5.75 Å². The highest BCUT2D eigenvalue weighted by Crippen LogP contribution is 2.20. The fraction of sp³-hybridized carbons (Fsp3) is 0.150. The number of carbonyl (C=O) groups is 1. The highest BCUT2D eigenvalue weighted by atomic mass is 16.5. The first-order chi connectivity index (χ1) is 11.2. The topological polar surface area (TPSA) is 38.3 Å². The Morgan fingerprint density at radius 2 is 1.65 bits per heavy atom. The lowest BCUT2D eigenvalue weighted by molar-refractivity contribution is -0.123. The highest BCUT2D eigenvalue weighted by molar-refractivity contribution is 5.84. The summed E-state index contributed by atoms with van der Waals surface area (Å²) in [6, 6.07) is 23.7. The standard InChI is InChI=1S/C20H19NO2/c1-15(16-7-3-2-4-8-16)21-20(22)14-23-19-12-11-17-9-5-6-10-18(17)13-19/h2-13,15H,14H2,1H3,(H,21,22). The zero-order valence-electron chi connectivity index (χ0n) is 13.0. The monoisotopic (exact) mass is 305 g/mol. The Balaban J connectivity index is 1.57. The minimum Gasteiger partial charge on any atom is -0.484 e. The Hall–Kier alpha value is -2.81. The summed E-state index contributed by atoms with van der Waals surface area (Å²) in [7, 11) is 0. The van der Waals surface area contributed by atoms with E-state index in [4.69, 9.17) is 4.74 Å². The van der Waals surface area contributed by atoms with Crippen molar-refractivity contribution in [2.24, 2.45) is 0 Å². The van der Waals surface area contributed by atoms with E-state index >= 15 is 0 Å². The molecule has 0 radical (unpaired) electrons. The normalized spacial score (nSPS) is 11.9. The molecule has 0 saturated carbocycles. The molecule has 0 heterocycles. The van der Waals surface area contributed by atoms with Gasteiger partial charge in [-0.05, 0) is 35.4 Å². The molecule has 3 nitrogen and oxygen atoms in total. The molecule has 3 rings (SSSR count). The molecule has 1 unspecified atom stereocenters. The zero-order valence-corrected chi connectivity index (χ0v) is 13.0. The smallest absolute Gasteiger partial charge is 0.258 e. The van der Waals surface area contributed by atoms with E-state index in [1.807, 2.05) is 79.7 Å². The van der Waals surface area contributed by atoms with Gasteiger partial charge in [0.25, 0.3) is 5.91 Å². The largest absolute Gasteiger partial charge is 0.484 e. The van der Waals surface area contributed by atoms with Gasteiger partial charge in [-0.25, -0.2) is 0 Å². The van der Waals surface area contributed by atoms with Crippen LogP contribution in [-0.4, -0.2) is 12.5 Å². The number of benzene rings is 3. The van der Waals surface area contributed by atoms with Crippen molar-refractivity contribution in [1.82, 2.24) is 5.32 Å². The van der Waals surface area contributed by atoms with Crippen molar-refractivity contribution in [2.75, 3.05) is 6.61 Å². The van der Waals surface area contributed by atoms with Crippen molar-refractivity contribution in [2.45, 2.75) is 13.0 Å². The predicted molar refractivity (Wildman–Crippen MR) is 92.4 cm³/mol. The van der Waals surface area contributed by atoms with Crippen LogP contribution in [0.5, 0.6) is 5.75 Å². The Kier molecular flexibility index (Phi) is 4.57. The average Bonchev–Trinajstić information content (AvgIpc) is 2.60. The van der Waals surface area contributed by atoms with Gasteiger partial charge in [0.1, 0.15) is 5.75 Å². The molecule has 0 bridgehead atoms. The molecular formula is C20H19NO2. The second-order valence-corrected chi connectivity index (χ2v) is 5.50. The van der Waals surface area contributed by atoms with Crippen LogP contribution in [0.4, 0.5) is 0 Å². The van der Waals surface area contributed by atoms with E-state index in [0.717, 1.165) is 16.3 Å². The molecule has 1 N–H and O–H groups in total. The van der Waals surface area contributed by atoms with Crippen LogP contribution in [0, 0.1) is 0 Å². The SMILES string of the molecule is CC(NC(=O)COc1ccc2ccccc2c1)c1ccccc1. The van der Waals surface area contributed by atoms with Gasteiger partial charge < -0.3 is 10.1 Å². The van der Waals surface area contributed by atoms with Crippen molar-refractivity contribution < 1.29 is 9.53 Å². The third-order valence-corrected chi connectivity index (χ3v) is 3.77. The Labute approximate surface area is 135 Å². The van der Waals surface area contributed by atoms with E-state index in [9.17, 15) is 4.79 Å². The number of amides is 1. The van der Waals surface area contributed by atoms with Gasteiger partial charge in [0.05, 0.1) is 6.04 Å². The summed E-state index contributed by atoms with van der Waals surface area (Å²) in [4.78, 5) is 12.0. The van der Waals surface area contributed by atoms with Gasteiger partial charge in [-0.3, -0.25) is 4.79 Å². The lowest BCUT2D eigenvalue weighted by Gasteiger charge is -2.14. The number of rotatable bonds is 5. The van der Waals surface area contributed by atoms with Crippen molar-refractivity contribution in [3.8, 4) is 5.75 Å². The maximum absolute atomic E-state index is 12.0. The summed E-state index contributed by atoms with van der Waals surface area (Å²) in [5.41, 5.74) is 1.08. The fourth-order valence-electron chi connectivity index (χ4n) is 2.51. The van der Waals surface area contributed by atoms with Gasteiger partial charge >= 0.3 is 0 Å². The summed E-state index contributed by atoms with van der Waals surface area (Å²) in [6.07, 6.45) is 0. The molecule has 116 valence electrons. The number of fused-ring (bicyclic) bond motifs is 1. The van der Waals surface area contributed by atoms with Gasteiger partial charge in [0, 0.05) is 0 Å².